The third-order valence-electron chi connectivity index (χ3n) is 2.41. The molecule has 2 N–H and O–H groups in total. The Labute approximate surface area is 91.9 Å². The first kappa shape index (κ1) is 10.3. The summed E-state index contributed by atoms with van der Waals surface area (Å²) >= 11 is 0. The molecule has 0 unspecified atom stereocenters. The van der Waals surface area contributed by atoms with Gasteiger partial charge in [0.2, 0.25) is 5.82 Å². The highest BCUT2D eigenvalue weighted by Gasteiger charge is 2.09. The van der Waals surface area contributed by atoms with Crippen molar-refractivity contribution in [2.24, 2.45) is 7.05 Å². The van der Waals surface area contributed by atoms with Gasteiger partial charge in [-0.25, -0.2) is 4.98 Å². The molecule has 2 aromatic rings. The van der Waals surface area contributed by atoms with Crippen LogP contribution in [-0.2, 0) is 13.6 Å². The summed E-state index contributed by atoms with van der Waals surface area (Å²) < 4.78 is 1.76. The first-order valence-corrected chi connectivity index (χ1v) is 4.79. The van der Waals surface area contributed by atoms with Gasteiger partial charge in [-0.2, -0.15) is 10.2 Å². The number of carbonyl (C=O) groups is 1. The lowest BCUT2D eigenvalue weighted by molar-refractivity contribution is 0.0941. The van der Waals surface area contributed by atoms with Crippen LogP contribution in [0.15, 0.2) is 12.5 Å². The van der Waals surface area contributed by atoms with E-state index in [-0.39, 0.29) is 11.7 Å². The molecule has 2 heterocycles. The van der Waals surface area contributed by atoms with Crippen LogP contribution in [0.2, 0.25) is 0 Å². The Morgan fingerprint density at radius 2 is 2.44 bits per heavy atom. The molecular formula is C9H12N6O. The fourth-order valence-electron chi connectivity index (χ4n) is 1.29. The van der Waals surface area contributed by atoms with E-state index in [1.54, 1.807) is 10.9 Å². The molecule has 0 saturated carbocycles. The summed E-state index contributed by atoms with van der Waals surface area (Å²) in [4.78, 5) is 15.3. The molecule has 2 rings (SSSR count). The summed E-state index contributed by atoms with van der Waals surface area (Å²) in [5, 5.41) is 12.9. The minimum absolute atomic E-state index is 0.210. The number of hydrogen-bond donors (Lipinski definition) is 2. The number of hydrogen-bond acceptors (Lipinski definition) is 4. The minimum Gasteiger partial charge on any atom is -0.345 e. The van der Waals surface area contributed by atoms with Crippen molar-refractivity contribution in [3.63, 3.8) is 0 Å². The lowest BCUT2D eigenvalue weighted by Gasteiger charge is -2.02. The molecule has 84 valence electrons. The fourth-order valence-corrected chi connectivity index (χ4v) is 1.29. The Kier molecular flexibility index (Phi) is 2.67. The maximum atomic E-state index is 11.5. The molecule has 7 heteroatoms. The number of nitrogens with one attached hydrogen (secondary N) is 2. The van der Waals surface area contributed by atoms with Gasteiger partial charge < -0.3 is 5.32 Å². The van der Waals surface area contributed by atoms with Crippen LogP contribution in [0.5, 0.6) is 0 Å². The molecule has 0 aromatic carbocycles. The second-order valence-electron chi connectivity index (χ2n) is 3.40. The molecule has 0 fully saturated rings. The van der Waals surface area contributed by atoms with Crippen LogP contribution in [0, 0.1) is 6.92 Å². The van der Waals surface area contributed by atoms with Crippen LogP contribution < -0.4 is 5.32 Å². The largest absolute Gasteiger partial charge is 0.345 e. The number of H-pyrrole nitrogens is 1. The van der Waals surface area contributed by atoms with Crippen LogP contribution in [0.1, 0.15) is 21.9 Å². The van der Waals surface area contributed by atoms with Gasteiger partial charge in [0.1, 0.15) is 6.33 Å². The van der Waals surface area contributed by atoms with Gasteiger partial charge in [-0.1, -0.05) is 0 Å². The minimum atomic E-state index is -0.277. The van der Waals surface area contributed by atoms with Gasteiger partial charge in [-0.3, -0.25) is 14.6 Å². The highest BCUT2D eigenvalue weighted by molar-refractivity contribution is 5.90. The molecule has 0 radical (unpaired) electrons. The van der Waals surface area contributed by atoms with E-state index < -0.39 is 0 Å². The number of carbonyl (C=O) groups excluding carboxylic acids is 1. The number of aryl methyl sites for hydroxylation is 1. The van der Waals surface area contributed by atoms with Gasteiger partial charge in [-0.15, -0.1) is 0 Å². The number of nitrogens with zero attached hydrogens (tertiary/aromatic N) is 4. The van der Waals surface area contributed by atoms with Crippen molar-refractivity contribution in [1.29, 1.82) is 0 Å². The summed E-state index contributed by atoms with van der Waals surface area (Å²) in [6.07, 6.45) is 3.03. The second kappa shape index (κ2) is 4.13. The first-order valence-electron chi connectivity index (χ1n) is 4.79. The maximum Gasteiger partial charge on any atom is 0.288 e. The van der Waals surface area contributed by atoms with Gasteiger partial charge in [0, 0.05) is 24.8 Å². The molecule has 2 aromatic heterocycles. The number of rotatable bonds is 3. The molecule has 7 nitrogen and oxygen atoms in total. The molecule has 16 heavy (non-hydrogen) atoms. The Hall–Kier alpha value is -2.18. The summed E-state index contributed by atoms with van der Waals surface area (Å²) in [5.74, 6) is -0.0673. The van der Waals surface area contributed by atoms with E-state index in [0.717, 1.165) is 11.3 Å². The van der Waals surface area contributed by atoms with Crippen molar-refractivity contribution >= 4 is 5.91 Å². The highest BCUT2D eigenvalue weighted by atomic mass is 16.2. The third-order valence-corrected chi connectivity index (χ3v) is 2.41. The van der Waals surface area contributed by atoms with E-state index in [4.69, 9.17) is 0 Å². The fraction of sp³-hybridized carbons (Fsp3) is 0.333. The molecule has 0 bridgehead atoms. The maximum absolute atomic E-state index is 11.5. The number of amides is 1. The lowest BCUT2D eigenvalue weighted by atomic mass is 10.2. The summed E-state index contributed by atoms with van der Waals surface area (Å²) in [6, 6.07) is 0. The number of aromatic nitrogens is 5. The summed E-state index contributed by atoms with van der Waals surface area (Å²) in [7, 11) is 1.86. The third kappa shape index (κ3) is 1.92. The Balaban J connectivity index is 1.98. The molecule has 0 spiro atoms. The SMILES string of the molecule is Cc1c(CNC(=O)c2ncn[nH]2)cnn1C. The topological polar surface area (TPSA) is 88.5 Å². The Morgan fingerprint density at radius 3 is 3.00 bits per heavy atom. The molecule has 1 amide bonds. The van der Waals surface area contributed by atoms with E-state index in [2.05, 4.69) is 25.6 Å². The predicted molar refractivity (Wildman–Crippen MR) is 55.5 cm³/mol. The molecule has 0 aliphatic carbocycles. The molecule has 0 saturated heterocycles. The van der Waals surface area contributed by atoms with E-state index in [1.807, 2.05) is 14.0 Å². The lowest BCUT2D eigenvalue weighted by Crippen LogP contribution is -2.24. The quantitative estimate of drug-likeness (QED) is 0.748. The van der Waals surface area contributed by atoms with Crippen molar-refractivity contribution in [1.82, 2.24) is 30.3 Å². The van der Waals surface area contributed by atoms with Gasteiger partial charge in [0.15, 0.2) is 0 Å². The van der Waals surface area contributed by atoms with E-state index >= 15 is 0 Å². The Morgan fingerprint density at radius 1 is 1.62 bits per heavy atom. The molecular weight excluding hydrogens is 208 g/mol. The first-order chi connectivity index (χ1) is 7.68. The zero-order valence-corrected chi connectivity index (χ0v) is 9.06. The molecule has 0 aliphatic rings. The van der Waals surface area contributed by atoms with E-state index in [1.165, 1.54) is 6.33 Å². The van der Waals surface area contributed by atoms with Gasteiger partial charge in [-0.05, 0) is 6.92 Å². The Bertz CT molecular complexity index is 486. The van der Waals surface area contributed by atoms with Crippen LogP contribution in [0.4, 0.5) is 0 Å². The summed E-state index contributed by atoms with van der Waals surface area (Å²) in [6.45, 7) is 2.38. The number of aromatic amines is 1. The smallest absolute Gasteiger partial charge is 0.288 e. The van der Waals surface area contributed by atoms with Crippen LogP contribution in [0.25, 0.3) is 0 Å². The van der Waals surface area contributed by atoms with Crippen molar-refractivity contribution in [2.75, 3.05) is 0 Å². The van der Waals surface area contributed by atoms with Crippen molar-refractivity contribution in [3.8, 4) is 0 Å². The van der Waals surface area contributed by atoms with Crippen LogP contribution >= 0.6 is 0 Å². The van der Waals surface area contributed by atoms with Crippen LogP contribution in [-0.4, -0.2) is 30.9 Å². The predicted octanol–water partition coefficient (Wildman–Crippen LogP) is -0.223. The summed E-state index contributed by atoms with van der Waals surface area (Å²) in [5.41, 5.74) is 2.01. The molecule has 0 atom stereocenters. The van der Waals surface area contributed by atoms with Crippen molar-refractivity contribution < 1.29 is 4.79 Å². The van der Waals surface area contributed by atoms with Gasteiger partial charge in [0.25, 0.3) is 5.91 Å². The van der Waals surface area contributed by atoms with E-state index in [0.29, 0.717) is 6.54 Å². The van der Waals surface area contributed by atoms with Gasteiger partial charge in [0.05, 0.1) is 6.20 Å². The second-order valence-corrected chi connectivity index (χ2v) is 3.40. The average molecular weight is 220 g/mol. The van der Waals surface area contributed by atoms with Crippen molar-refractivity contribution in [2.45, 2.75) is 13.5 Å². The van der Waals surface area contributed by atoms with Crippen LogP contribution in [0.3, 0.4) is 0 Å². The zero-order valence-electron chi connectivity index (χ0n) is 9.06. The standard InChI is InChI=1S/C9H12N6O/c1-6-7(4-13-15(6)2)3-10-9(16)8-11-5-12-14-8/h4-5H,3H2,1-2H3,(H,10,16)(H,11,12,14). The van der Waals surface area contributed by atoms with E-state index in [9.17, 15) is 4.79 Å². The average Bonchev–Trinajstić information content (AvgIpc) is 2.89. The molecule has 0 aliphatic heterocycles. The normalized spacial score (nSPS) is 10.4. The monoisotopic (exact) mass is 220 g/mol. The zero-order chi connectivity index (χ0) is 11.5. The van der Waals surface area contributed by atoms with Crippen molar-refractivity contribution in [3.05, 3.63) is 29.6 Å². The van der Waals surface area contributed by atoms with Gasteiger partial charge >= 0.3 is 0 Å². The highest BCUT2D eigenvalue weighted by Crippen LogP contribution is 2.04.